The van der Waals surface area contributed by atoms with Crippen LogP contribution in [0.15, 0.2) is 27.8 Å². The standard InChI is InChI=1S/C14H22BrN3O/c1-4-10(3)9-18(5-2)13-7-6-11(15)8-12(13)14(16)17-19/h6-8,10,19H,4-5,9H2,1-3H3,(H2,16,17). The van der Waals surface area contributed by atoms with Gasteiger partial charge in [-0.3, -0.25) is 0 Å². The minimum Gasteiger partial charge on any atom is -0.409 e. The molecule has 0 heterocycles. The maximum Gasteiger partial charge on any atom is 0.172 e. The van der Waals surface area contributed by atoms with Crippen LogP contribution in [0, 0.1) is 5.92 Å². The molecule has 0 saturated carbocycles. The first-order valence-corrected chi connectivity index (χ1v) is 7.35. The minimum absolute atomic E-state index is 0.138. The number of hydrogen-bond donors (Lipinski definition) is 2. The zero-order valence-electron chi connectivity index (χ0n) is 11.7. The summed E-state index contributed by atoms with van der Waals surface area (Å²) in [4.78, 5) is 2.26. The third kappa shape index (κ3) is 4.13. The van der Waals surface area contributed by atoms with Crippen molar-refractivity contribution in [3.8, 4) is 0 Å². The first-order valence-electron chi connectivity index (χ1n) is 6.55. The van der Waals surface area contributed by atoms with Crippen molar-refractivity contribution in [2.24, 2.45) is 16.8 Å². The van der Waals surface area contributed by atoms with Gasteiger partial charge in [-0.2, -0.15) is 0 Å². The quantitative estimate of drug-likeness (QED) is 0.364. The van der Waals surface area contributed by atoms with Crippen LogP contribution in [0.5, 0.6) is 0 Å². The van der Waals surface area contributed by atoms with Gasteiger partial charge in [0.15, 0.2) is 5.84 Å². The van der Waals surface area contributed by atoms with Crippen LogP contribution in [0.3, 0.4) is 0 Å². The summed E-state index contributed by atoms with van der Waals surface area (Å²) in [6, 6.07) is 5.86. The molecule has 1 aromatic rings. The number of halogens is 1. The molecule has 0 spiro atoms. The molecule has 0 saturated heterocycles. The number of rotatable bonds is 6. The van der Waals surface area contributed by atoms with E-state index in [1.54, 1.807) is 0 Å². The molecule has 0 bridgehead atoms. The van der Waals surface area contributed by atoms with Crippen LogP contribution in [0.2, 0.25) is 0 Å². The summed E-state index contributed by atoms with van der Waals surface area (Å²) in [5.74, 6) is 0.739. The van der Waals surface area contributed by atoms with Gasteiger partial charge in [-0.15, -0.1) is 0 Å². The number of hydrogen-bond acceptors (Lipinski definition) is 3. The molecule has 0 aromatic heterocycles. The van der Waals surface area contributed by atoms with Gasteiger partial charge in [-0.25, -0.2) is 0 Å². The van der Waals surface area contributed by atoms with Gasteiger partial charge in [0.05, 0.1) is 0 Å². The van der Waals surface area contributed by atoms with E-state index in [4.69, 9.17) is 10.9 Å². The summed E-state index contributed by atoms with van der Waals surface area (Å²) in [6.07, 6.45) is 1.13. The van der Waals surface area contributed by atoms with Crippen LogP contribution in [0.1, 0.15) is 32.8 Å². The Balaban J connectivity index is 3.16. The van der Waals surface area contributed by atoms with E-state index in [0.29, 0.717) is 5.92 Å². The Morgan fingerprint density at radius 3 is 2.68 bits per heavy atom. The Labute approximate surface area is 123 Å². The van der Waals surface area contributed by atoms with Gasteiger partial charge in [0.25, 0.3) is 0 Å². The van der Waals surface area contributed by atoms with Crippen LogP contribution < -0.4 is 10.6 Å². The first-order chi connectivity index (χ1) is 9.03. The third-order valence-corrected chi connectivity index (χ3v) is 3.79. The Morgan fingerprint density at radius 2 is 2.16 bits per heavy atom. The molecular formula is C14H22BrN3O. The molecule has 0 fully saturated rings. The number of oxime groups is 1. The van der Waals surface area contributed by atoms with Crippen molar-refractivity contribution in [2.75, 3.05) is 18.0 Å². The van der Waals surface area contributed by atoms with Gasteiger partial charge < -0.3 is 15.8 Å². The molecule has 0 aliphatic rings. The average Bonchev–Trinajstić information content (AvgIpc) is 2.43. The minimum atomic E-state index is 0.138. The second-order valence-electron chi connectivity index (χ2n) is 4.70. The number of nitrogens with zero attached hydrogens (tertiary/aromatic N) is 2. The van der Waals surface area contributed by atoms with E-state index >= 15 is 0 Å². The second kappa shape index (κ2) is 7.38. The van der Waals surface area contributed by atoms with E-state index in [9.17, 15) is 0 Å². The predicted molar refractivity (Wildman–Crippen MR) is 84.0 cm³/mol. The van der Waals surface area contributed by atoms with Gasteiger partial charge in [0.2, 0.25) is 0 Å². The lowest BCUT2D eigenvalue weighted by molar-refractivity contribution is 0.318. The molecule has 3 N–H and O–H groups in total. The lowest BCUT2D eigenvalue weighted by Gasteiger charge is -2.28. The van der Waals surface area contributed by atoms with E-state index in [0.717, 1.165) is 35.2 Å². The summed E-state index contributed by atoms with van der Waals surface area (Å²) >= 11 is 3.42. The molecule has 5 heteroatoms. The molecule has 0 aliphatic heterocycles. The van der Waals surface area contributed by atoms with E-state index in [2.05, 4.69) is 46.8 Å². The first kappa shape index (κ1) is 15.8. The van der Waals surface area contributed by atoms with Crippen molar-refractivity contribution in [2.45, 2.75) is 27.2 Å². The van der Waals surface area contributed by atoms with Crippen molar-refractivity contribution in [1.29, 1.82) is 0 Å². The highest BCUT2D eigenvalue weighted by atomic mass is 79.9. The monoisotopic (exact) mass is 327 g/mol. The molecule has 0 radical (unpaired) electrons. The van der Waals surface area contributed by atoms with Crippen LogP contribution in [-0.2, 0) is 0 Å². The molecule has 1 aromatic carbocycles. The highest BCUT2D eigenvalue weighted by Crippen LogP contribution is 2.25. The smallest absolute Gasteiger partial charge is 0.172 e. The summed E-state index contributed by atoms with van der Waals surface area (Å²) in [7, 11) is 0. The number of anilines is 1. The highest BCUT2D eigenvalue weighted by molar-refractivity contribution is 9.10. The van der Waals surface area contributed by atoms with Crippen LogP contribution in [0.25, 0.3) is 0 Å². The highest BCUT2D eigenvalue weighted by Gasteiger charge is 2.15. The third-order valence-electron chi connectivity index (χ3n) is 3.29. The molecule has 1 unspecified atom stereocenters. The SMILES string of the molecule is CCC(C)CN(CC)c1ccc(Br)cc1/C(N)=N/O. The number of nitrogens with two attached hydrogens (primary N) is 1. The van der Waals surface area contributed by atoms with Crippen molar-refractivity contribution in [3.05, 3.63) is 28.2 Å². The van der Waals surface area contributed by atoms with E-state index < -0.39 is 0 Å². The maximum atomic E-state index is 8.92. The van der Waals surface area contributed by atoms with Gasteiger partial charge in [-0.05, 0) is 31.0 Å². The molecule has 0 amide bonds. The summed E-state index contributed by atoms with van der Waals surface area (Å²) in [5.41, 5.74) is 7.53. The second-order valence-corrected chi connectivity index (χ2v) is 5.61. The maximum absolute atomic E-state index is 8.92. The van der Waals surface area contributed by atoms with Crippen LogP contribution in [-0.4, -0.2) is 24.1 Å². The van der Waals surface area contributed by atoms with E-state index in [-0.39, 0.29) is 5.84 Å². The fraction of sp³-hybridized carbons (Fsp3) is 0.500. The average molecular weight is 328 g/mol. The topological polar surface area (TPSA) is 61.8 Å². The summed E-state index contributed by atoms with van der Waals surface area (Å²) in [6.45, 7) is 8.37. The van der Waals surface area contributed by atoms with Crippen LogP contribution in [0.4, 0.5) is 5.69 Å². The normalized spacial score (nSPS) is 13.4. The zero-order valence-corrected chi connectivity index (χ0v) is 13.3. The fourth-order valence-electron chi connectivity index (χ4n) is 1.95. The molecule has 0 aliphatic carbocycles. The number of benzene rings is 1. The zero-order chi connectivity index (χ0) is 14.4. The van der Waals surface area contributed by atoms with Crippen molar-refractivity contribution in [3.63, 3.8) is 0 Å². The summed E-state index contributed by atoms with van der Waals surface area (Å²) in [5, 5.41) is 12.0. The largest absolute Gasteiger partial charge is 0.409 e. The van der Waals surface area contributed by atoms with Gasteiger partial charge in [0.1, 0.15) is 0 Å². The molecule has 106 valence electrons. The van der Waals surface area contributed by atoms with E-state index in [1.165, 1.54) is 0 Å². The molecule has 4 nitrogen and oxygen atoms in total. The molecule has 1 rings (SSSR count). The van der Waals surface area contributed by atoms with Crippen molar-refractivity contribution in [1.82, 2.24) is 0 Å². The van der Waals surface area contributed by atoms with Gasteiger partial charge in [0, 0.05) is 28.8 Å². The van der Waals surface area contributed by atoms with Crippen LogP contribution >= 0.6 is 15.9 Å². The lowest BCUT2D eigenvalue weighted by atomic mass is 10.1. The Morgan fingerprint density at radius 1 is 1.47 bits per heavy atom. The van der Waals surface area contributed by atoms with Gasteiger partial charge >= 0.3 is 0 Å². The van der Waals surface area contributed by atoms with Crippen molar-refractivity contribution < 1.29 is 5.21 Å². The number of amidine groups is 1. The molecular weight excluding hydrogens is 306 g/mol. The Kier molecular flexibility index (Phi) is 6.15. The predicted octanol–water partition coefficient (Wildman–Crippen LogP) is 3.42. The van der Waals surface area contributed by atoms with Gasteiger partial charge in [-0.1, -0.05) is 41.4 Å². The summed E-state index contributed by atoms with van der Waals surface area (Å²) < 4.78 is 0.914. The molecule has 19 heavy (non-hydrogen) atoms. The van der Waals surface area contributed by atoms with Crippen molar-refractivity contribution >= 4 is 27.5 Å². The molecule has 1 atom stereocenters. The van der Waals surface area contributed by atoms with E-state index in [1.807, 2.05) is 18.2 Å². The lowest BCUT2D eigenvalue weighted by Crippen LogP contribution is -2.30. The Hall–Kier alpha value is -1.23. The fourth-order valence-corrected chi connectivity index (χ4v) is 2.31. The Bertz CT molecular complexity index is 448.